The van der Waals surface area contributed by atoms with E-state index in [0.717, 1.165) is 11.3 Å². The molecular weight excluding hydrogens is 441 g/mol. The summed E-state index contributed by atoms with van der Waals surface area (Å²) in [5.74, 6) is 1.07. The molecule has 150 valence electrons. The lowest BCUT2D eigenvalue weighted by Gasteiger charge is -2.25. The van der Waals surface area contributed by atoms with Crippen LogP contribution in [-0.4, -0.2) is 34.6 Å². The summed E-state index contributed by atoms with van der Waals surface area (Å²) in [6.07, 6.45) is 0.315. The Morgan fingerprint density at radius 2 is 2.03 bits per heavy atom. The summed E-state index contributed by atoms with van der Waals surface area (Å²) in [6, 6.07) is 12.1. The summed E-state index contributed by atoms with van der Waals surface area (Å²) >= 11 is 3.16. The Kier molecular flexibility index (Phi) is 5.36. The molecule has 0 N–H and O–H groups in total. The van der Waals surface area contributed by atoms with Gasteiger partial charge in [0.05, 0.1) is 23.5 Å². The fourth-order valence-electron chi connectivity index (χ4n) is 3.49. The van der Waals surface area contributed by atoms with Gasteiger partial charge in [0.2, 0.25) is 17.6 Å². The van der Waals surface area contributed by atoms with Gasteiger partial charge in [0.15, 0.2) is 0 Å². The van der Waals surface area contributed by atoms with Crippen molar-refractivity contribution in [2.45, 2.75) is 25.3 Å². The quantitative estimate of drug-likeness (QED) is 0.551. The van der Waals surface area contributed by atoms with E-state index in [2.05, 4.69) is 26.1 Å². The van der Waals surface area contributed by atoms with Crippen molar-refractivity contribution in [2.75, 3.05) is 13.7 Å². The number of benzene rings is 2. The molecule has 0 bridgehead atoms. The van der Waals surface area contributed by atoms with Crippen molar-refractivity contribution in [3.8, 4) is 17.1 Å². The Morgan fingerprint density at radius 3 is 2.72 bits per heavy atom. The summed E-state index contributed by atoms with van der Waals surface area (Å²) in [7, 11) is 1.62. The van der Waals surface area contributed by atoms with E-state index in [-0.39, 0.29) is 23.7 Å². The molecule has 1 aliphatic rings. The average molecular weight is 460 g/mol. The molecule has 6 nitrogen and oxygen atoms in total. The number of likely N-dealkylation sites (tertiary alicyclic amines) is 1. The predicted octanol–water partition coefficient (Wildman–Crippen LogP) is 4.72. The number of halogens is 2. The third-order valence-corrected chi connectivity index (χ3v) is 5.80. The minimum absolute atomic E-state index is 0.0441. The van der Waals surface area contributed by atoms with Crippen LogP contribution in [0.5, 0.6) is 5.75 Å². The van der Waals surface area contributed by atoms with Crippen LogP contribution in [0.1, 0.15) is 36.8 Å². The van der Waals surface area contributed by atoms with Crippen LogP contribution in [0.4, 0.5) is 4.39 Å². The van der Waals surface area contributed by atoms with Gasteiger partial charge in [-0.05, 0) is 58.7 Å². The number of methoxy groups -OCH3 is 1. The number of nitrogens with zero attached hydrogens (tertiary/aromatic N) is 3. The van der Waals surface area contributed by atoms with Crippen LogP contribution < -0.4 is 4.74 Å². The Morgan fingerprint density at radius 1 is 1.28 bits per heavy atom. The van der Waals surface area contributed by atoms with Crippen molar-refractivity contribution in [1.82, 2.24) is 15.0 Å². The van der Waals surface area contributed by atoms with Crippen LogP contribution in [0.15, 0.2) is 51.5 Å². The van der Waals surface area contributed by atoms with Gasteiger partial charge in [-0.1, -0.05) is 17.3 Å². The molecule has 1 saturated heterocycles. The highest BCUT2D eigenvalue weighted by Gasteiger charge is 2.37. The Hall–Kier alpha value is -2.74. The standard InChI is InChI=1S/C21H19BrFN3O3/c1-12(13-3-6-16(28-2)7-4-13)26-11-15(10-19(26)27)21-24-20(25-29-21)14-5-8-18(23)17(22)9-14/h3-9,12,15H,10-11H2,1-2H3. The van der Waals surface area contributed by atoms with E-state index in [1.165, 1.54) is 6.07 Å². The second kappa shape index (κ2) is 7.94. The van der Waals surface area contributed by atoms with Crippen LogP contribution in [0.25, 0.3) is 11.4 Å². The van der Waals surface area contributed by atoms with Crippen molar-refractivity contribution in [2.24, 2.45) is 0 Å². The minimum Gasteiger partial charge on any atom is -0.497 e. The number of rotatable bonds is 5. The Bertz CT molecular complexity index is 1040. The predicted molar refractivity (Wildman–Crippen MR) is 108 cm³/mol. The van der Waals surface area contributed by atoms with Gasteiger partial charge in [0.1, 0.15) is 11.6 Å². The molecule has 0 radical (unpaired) electrons. The number of carbonyl (C=O) groups excluding carboxylic acids is 1. The van der Waals surface area contributed by atoms with E-state index in [9.17, 15) is 9.18 Å². The number of amides is 1. The first kappa shape index (κ1) is 19.6. The van der Waals surface area contributed by atoms with Gasteiger partial charge in [0.25, 0.3) is 0 Å². The molecule has 0 spiro atoms. The van der Waals surface area contributed by atoms with Gasteiger partial charge in [-0.25, -0.2) is 4.39 Å². The second-order valence-electron chi connectivity index (χ2n) is 6.98. The number of aromatic nitrogens is 2. The first-order valence-electron chi connectivity index (χ1n) is 9.18. The Balaban J connectivity index is 1.50. The van der Waals surface area contributed by atoms with E-state index in [1.807, 2.05) is 36.1 Å². The van der Waals surface area contributed by atoms with Gasteiger partial charge in [0, 0.05) is 18.5 Å². The zero-order valence-electron chi connectivity index (χ0n) is 15.9. The maximum Gasteiger partial charge on any atom is 0.232 e. The number of hydrogen-bond acceptors (Lipinski definition) is 5. The normalized spacial score (nSPS) is 17.6. The van der Waals surface area contributed by atoms with Crippen LogP contribution in [0.2, 0.25) is 0 Å². The van der Waals surface area contributed by atoms with Crippen LogP contribution in [-0.2, 0) is 4.79 Å². The van der Waals surface area contributed by atoms with E-state index in [0.29, 0.717) is 34.7 Å². The lowest BCUT2D eigenvalue weighted by atomic mass is 10.1. The fourth-order valence-corrected chi connectivity index (χ4v) is 3.87. The van der Waals surface area contributed by atoms with E-state index < -0.39 is 0 Å². The molecule has 1 aliphatic heterocycles. The number of hydrogen-bond donors (Lipinski definition) is 0. The van der Waals surface area contributed by atoms with E-state index in [1.54, 1.807) is 19.2 Å². The number of carbonyl (C=O) groups is 1. The third-order valence-electron chi connectivity index (χ3n) is 5.19. The summed E-state index contributed by atoms with van der Waals surface area (Å²) in [4.78, 5) is 18.9. The van der Waals surface area contributed by atoms with Crippen LogP contribution in [0, 0.1) is 5.82 Å². The van der Waals surface area contributed by atoms with Crippen LogP contribution in [0.3, 0.4) is 0 Å². The van der Waals surface area contributed by atoms with E-state index in [4.69, 9.17) is 9.26 Å². The molecule has 29 heavy (non-hydrogen) atoms. The SMILES string of the molecule is COc1ccc(C(C)N2CC(c3nc(-c4ccc(F)c(Br)c4)no3)CC2=O)cc1. The molecule has 2 atom stereocenters. The monoisotopic (exact) mass is 459 g/mol. The maximum atomic E-state index is 13.4. The van der Waals surface area contributed by atoms with Crippen molar-refractivity contribution in [3.05, 3.63) is 64.2 Å². The molecular formula is C21H19BrFN3O3. The highest BCUT2D eigenvalue weighted by molar-refractivity contribution is 9.10. The topological polar surface area (TPSA) is 68.5 Å². The molecule has 4 rings (SSSR count). The van der Waals surface area contributed by atoms with Gasteiger partial charge in [-0.2, -0.15) is 4.98 Å². The van der Waals surface area contributed by atoms with Crippen molar-refractivity contribution >= 4 is 21.8 Å². The number of ether oxygens (including phenoxy) is 1. The van der Waals surface area contributed by atoms with Crippen molar-refractivity contribution < 1.29 is 18.4 Å². The van der Waals surface area contributed by atoms with Crippen molar-refractivity contribution in [1.29, 1.82) is 0 Å². The first-order chi connectivity index (χ1) is 14.0. The molecule has 1 fully saturated rings. The summed E-state index contributed by atoms with van der Waals surface area (Å²) in [5, 5.41) is 4.00. The summed E-state index contributed by atoms with van der Waals surface area (Å²) < 4.78 is 24.4. The first-order valence-corrected chi connectivity index (χ1v) is 9.98. The second-order valence-corrected chi connectivity index (χ2v) is 7.84. The molecule has 2 aromatic carbocycles. The molecule has 2 unspecified atom stereocenters. The molecule has 0 aliphatic carbocycles. The molecule has 0 saturated carbocycles. The zero-order valence-corrected chi connectivity index (χ0v) is 17.5. The molecule has 3 aromatic rings. The van der Waals surface area contributed by atoms with Gasteiger partial charge in [-0.15, -0.1) is 0 Å². The fraction of sp³-hybridized carbons (Fsp3) is 0.286. The van der Waals surface area contributed by atoms with Gasteiger partial charge < -0.3 is 14.2 Å². The largest absolute Gasteiger partial charge is 0.497 e. The maximum absolute atomic E-state index is 13.4. The molecule has 8 heteroatoms. The average Bonchev–Trinajstić information content (AvgIpc) is 3.36. The Labute approximate surface area is 175 Å². The van der Waals surface area contributed by atoms with Crippen molar-refractivity contribution in [3.63, 3.8) is 0 Å². The zero-order chi connectivity index (χ0) is 20.5. The van der Waals surface area contributed by atoms with Crippen LogP contribution >= 0.6 is 15.9 Å². The lowest BCUT2D eigenvalue weighted by molar-refractivity contribution is -0.129. The summed E-state index contributed by atoms with van der Waals surface area (Å²) in [6.45, 7) is 2.50. The highest BCUT2D eigenvalue weighted by Crippen LogP contribution is 2.34. The molecule has 1 amide bonds. The lowest BCUT2D eigenvalue weighted by Crippen LogP contribution is -2.28. The van der Waals surface area contributed by atoms with Gasteiger partial charge >= 0.3 is 0 Å². The molecule has 2 heterocycles. The minimum atomic E-state index is -0.359. The highest BCUT2D eigenvalue weighted by atomic mass is 79.9. The molecule has 1 aromatic heterocycles. The smallest absolute Gasteiger partial charge is 0.232 e. The third kappa shape index (κ3) is 3.89. The van der Waals surface area contributed by atoms with E-state index >= 15 is 0 Å². The summed E-state index contributed by atoms with van der Waals surface area (Å²) in [5.41, 5.74) is 1.67. The van der Waals surface area contributed by atoms with Gasteiger partial charge in [-0.3, -0.25) is 4.79 Å².